The van der Waals surface area contributed by atoms with Gasteiger partial charge in [0.25, 0.3) is 5.91 Å². The van der Waals surface area contributed by atoms with Crippen molar-refractivity contribution in [3.8, 4) is 11.1 Å². The molecule has 3 N–H and O–H groups in total. The average molecular weight is 514 g/mol. The minimum absolute atomic E-state index is 0. The molecule has 3 rings (SSSR count). The number of nitrogens with one attached hydrogen (secondary N) is 2. The molecule has 0 saturated carbocycles. The molecule has 0 aromatic heterocycles. The van der Waals surface area contributed by atoms with Crippen LogP contribution in [0.4, 0.5) is 4.79 Å². The number of likely N-dealkylation sites (N-methyl/N-ethyl adjacent to an activating group) is 1. The van der Waals surface area contributed by atoms with Gasteiger partial charge in [-0.15, -0.1) is 0 Å². The van der Waals surface area contributed by atoms with Crippen molar-refractivity contribution in [2.45, 2.75) is 25.4 Å². The van der Waals surface area contributed by atoms with Crippen molar-refractivity contribution in [3.05, 3.63) is 69.8 Å². The van der Waals surface area contributed by atoms with Gasteiger partial charge in [0.05, 0.1) is 12.5 Å². The molecule has 3 amide bonds. The van der Waals surface area contributed by atoms with Crippen molar-refractivity contribution in [2.24, 2.45) is 0 Å². The van der Waals surface area contributed by atoms with Gasteiger partial charge >= 0.3 is 41.6 Å². The van der Waals surface area contributed by atoms with Crippen molar-refractivity contribution in [2.75, 3.05) is 7.05 Å². The van der Waals surface area contributed by atoms with Gasteiger partial charge in [-0.3, -0.25) is 14.4 Å². The summed E-state index contributed by atoms with van der Waals surface area (Å²) in [6, 6.07) is 8.73. The molecule has 174 valence electrons. The Kier molecular flexibility index (Phi) is 9.73. The summed E-state index contributed by atoms with van der Waals surface area (Å²) >= 11 is 12.3. The van der Waals surface area contributed by atoms with Crippen LogP contribution in [0.3, 0.4) is 0 Å². The molecule has 1 aliphatic rings. The number of hydrogen-bond donors (Lipinski definition) is 3. The number of benzene rings is 2. The molecule has 0 radical (unpaired) electrons. The molecule has 0 spiro atoms. The summed E-state index contributed by atoms with van der Waals surface area (Å²) in [5, 5.41) is 15.2. The van der Waals surface area contributed by atoms with Crippen molar-refractivity contribution in [1.29, 1.82) is 0 Å². The Morgan fingerprint density at radius 1 is 1.15 bits per heavy atom. The zero-order chi connectivity index (χ0) is 24.3. The van der Waals surface area contributed by atoms with E-state index in [9.17, 15) is 24.3 Å². The van der Waals surface area contributed by atoms with Crippen LogP contribution in [0.25, 0.3) is 11.1 Å². The fraction of sp³-hybridized carbons (Fsp3) is 0.217. The number of Topliss-reactive ketones (excluding diaryl/α,β-unsaturated/α-hetero) is 1. The predicted octanol–water partition coefficient (Wildman–Crippen LogP) is 3.14. The van der Waals surface area contributed by atoms with Crippen LogP contribution in [0.15, 0.2) is 54.2 Å². The molecule has 11 heteroatoms. The third-order valence-corrected chi connectivity index (χ3v) is 5.67. The Morgan fingerprint density at radius 2 is 1.85 bits per heavy atom. The minimum atomic E-state index is -1.38. The second-order valence-corrected chi connectivity index (χ2v) is 8.42. The van der Waals surface area contributed by atoms with Crippen molar-refractivity contribution < 1.29 is 24.3 Å². The number of carboxylic acid groups (broad SMARTS) is 1. The van der Waals surface area contributed by atoms with E-state index in [4.69, 9.17) is 23.2 Å². The molecular formula is C23H22Cl2N3NaO5. The Balaban J connectivity index is 0.00000408. The van der Waals surface area contributed by atoms with E-state index in [1.165, 1.54) is 18.1 Å². The van der Waals surface area contributed by atoms with E-state index in [2.05, 4.69) is 10.6 Å². The van der Waals surface area contributed by atoms with Crippen LogP contribution in [0.2, 0.25) is 10.0 Å². The van der Waals surface area contributed by atoms with Gasteiger partial charge in [-0.1, -0.05) is 47.5 Å². The third-order valence-electron chi connectivity index (χ3n) is 5.12. The molecule has 34 heavy (non-hydrogen) atoms. The predicted molar refractivity (Wildman–Crippen MR) is 131 cm³/mol. The van der Waals surface area contributed by atoms with Crippen LogP contribution < -0.4 is 10.6 Å². The van der Waals surface area contributed by atoms with Crippen LogP contribution in [0.1, 0.15) is 24.9 Å². The van der Waals surface area contributed by atoms with Crippen LogP contribution in [-0.4, -0.2) is 76.3 Å². The molecule has 2 aromatic carbocycles. The molecule has 0 aliphatic carbocycles. The third kappa shape index (κ3) is 6.61. The number of aliphatic carboxylic acids is 1. The van der Waals surface area contributed by atoms with Gasteiger partial charge in [-0.2, -0.15) is 0 Å². The van der Waals surface area contributed by atoms with E-state index in [-0.39, 0.29) is 29.6 Å². The summed E-state index contributed by atoms with van der Waals surface area (Å²) < 4.78 is 0. The summed E-state index contributed by atoms with van der Waals surface area (Å²) in [6.45, 7) is 1.54. The van der Waals surface area contributed by atoms with Gasteiger partial charge in [0.1, 0.15) is 0 Å². The van der Waals surface area contributed by atoms with Crippen molar-refractivity contribution >= 4 is 76.5 Å². The molecule has 2 aromatic rings. The number of urea groups is 1. The Bertz CT molecular complexity index is 1170. The maximum atomic E-state index is 12.6. The van der Waals surface area contributed by atoms with Gasteiger partial charge in [-0.05, 0) is 36.2 Å². The summed E-state index contributed by atoms with van der Waals surface area (Å²) in [5.74, 6) is -2.25. The first kappa shape index (κ1) is 27.9. The fourth-order valence-corrected chi connectivity index (χ4v) is 4.01. The average Bonchev–Trinajstić information content (AvgIpc) is 2.74. The molecule has 1 aliphatic heterocycles. The summed E-state index contributed by atoms with van der Waals surface area (Å²) in [7, 11) is 1.48. The molecule has 0 bridgehead atoms. The van der Waals surface area contributed by atoms with E-state index in [0.29, 0.717) is 32.3 Å². The van der Waals surface area contributed by atoms with Crippen molar-refractivity contribution in [1.82, 2.24) is 15.5 Å². The molecule has 0 saturated heterocycles. The summed E-state index contributed by atoms with van der Waals surface area (Å²) in [4.78, 5) is 50.0. The molecule has 1 heterocycles. The van der Waals surface area contributed by atoms with Crippen LogP contribution in [-0.2, 0) is 14.4 Å². The van der Waals surface area contributed by atoms with Crippen LogP contribution in [0, 0.1) is 0 Å². The number of carbonyl (C=O) groups excluding carboxylic acids is 3. The van der Waals surface area contributed by atoms with Crippen LogP contribution >= 0.6 is 23.2 Å². The molecular weight excluding hydrogens is 492 g/mol. The van der Waals surface area contributed by atoms with E-state index in [1.807, 2.05) is 0 Å². The number of carbonyl (C=O) groups is 4. The van der Waals surface area contributed by atoms with E-state index < -0.39 is 42.2 Å². The zero-order valence-corrected chi connectivity index (χ0v) is 19.3. The summed E-state index contributed by atoms with van der Waals surface area (Å²) in [6.07, 6.45) is 0.970. The number of carboxylic acids is 1. The number of hydrogen-bond acceptors (Lipinski definition) is 4. The van der Waals surface area contributed by atoms with Gasteiger partial charge in [-0.25, -0.2) is 4.79 Å². The zero-order valence-electron chi connectivity index (χ0n) is 17.8. The molecule has 8 nitrogen and oxygen atoms in total. The van der Waals surface area contributed by atoms with E-state index in [1.54, 1.807) is 49.4 Å². The molecule has 0 fully saturated rings. The SMILES string of the molecule is CC1=CN(C)C(=O)C(NC(=O)NC(CC(=O)O)c2cccc(-c3ccc(Cl)cc3Cl)c2)C1=O.[NaH]. The van der Waals surface area contributed by atoms with Gasteiger partial charge in [0, 0.05) is 34.4 Å². The normalized spacial score (nSPS) is 16.3. The topological polar surface area (TPSA) is 116 Å². The quantitative estimate of drug-likeness (QED) is 0.405. The Labute approximate surface area is 228 Å². The van der Waals surface area contributed by atoms with Gasteiger partial charge in [0.2, 0.25) is 0 Å². The first-order valence-corrected chi connectivity index (χ1v) is 10.7. The number of nitrogens with zero attached hydrogens (tertiary/aromatic N) is 1. The summed E-state index contributed by atoms with van der Waals surface area (Å²) in [5.41, 5.74) is 2.21. The van der Waals surface area contributed by atoms with Crippen molar-refractivity contribution in [3.63, 3.8) is 0 Å². The standard InChI is InChI=1S/C23H21Cl2N3O5.Na.H/c1-12-11-28(2)22(32)20(21(12)31)27-23(33)26-18(10-19(29)30)14-5-3-4-13(8-14)16-7-6-15(24)9-17(16)25;;/h3-9,11,18,20H,10H2,1-2H3,(H,29,30)(H2,26,27,33);;. The second-order valence-electron chi connectivity index (χ2n) is 7.58. The van der Waals surface area contributed by atoms with E-state index >= 15 is 0 Å². The Hall–Kier alpha value is -2.36. The van der Waals surface area contributed by atoms with Crippen LogP contribution in [0.5, 0.6) is 0 Å². The molecule has 2 atom stereocenters. The van der Waals surface area contributed by atoms with E-state index in [0.717, 1.165) is 0 Å². The number of amides is 3. The van der Waals surface area contributed by atoms with Gasteiger partial charge < -0.3 is 20.6 Å². The number of halogens is 2. The fourth-order valence-electron chi connectivity index (χ4n) is 3.49. The number of rotatable bonds is 6. The Morgan fingerprint density at radius 3 is 2.50 bits per heavy atom. The molecule has 2 unspecified atom stereocenters. The monoisotopic (exact) mass is 513 g/mol. The first-order valence-electron chi connectivity index (χ1n) is 9.90. The first-order chi connectivity index (χ1) is 15.6. The maximum absolute atomic E-state index is 12.6. The second kappa shape index (κ2) is 11.9. The number of ketones is 1. The van der Waals surface area contributed by atoms with Gasteiger partial charge in [0.15, 0.2) is 11.8 Å².